The van der Waals surface area contributed by atoms with Gasteiger partial charge in [0.15, 0.2) is 0 Å². The number of carbonyl (C=O) groups excluding carboxylic acids is 1. The molecule has 90 valence electrons. The number of nitrogens with one attached hydrogen (secondary N) is 1. The molecule has 0 aromatic rings. The summed E-state index contributed by atoms with van der Waals surface area (Å²) in [5, 5.41) is 9.61. The van der Waals surface area contributed by atoms with Crippen LogP contribution >= 0.6 is 0 Å². The lowest BCUT2D eigenvalue weighted by molar-refractivity contribution is -0.130. The molecular formula is C10H23N3O2. The molecule has 0 unspecified atom stereocenters. The molecule has 0 aromatic carbocycles. The summed E-state index contributed by atoms with van der Waals surface area (Å²) in [6.07, 6.45) is 0. The first-order valence-corrected chi connectivity index (χ1v) is 5.00. The van der Waals surface area contributed by atoms with Crippen molar-refractivity contribution in [2.24, 2.45) is 11.3 Å². The van der Waals surface area contributed by atoms with Gasteiger partial charge in [-0.05, 0) is 34.7 Å². The smallest absolute Gasteiger partial charge is 0.240 e. The zero-order valence-electron chi connectivity index (χ0n) is 10.3. The Balaban J connectivity index is 4.28. The Labute approximate surface area is 91.6 Å². The van der Waals surface area contributed by atoms with Gasteiger partial charge in [0.05, 0.1) is 11.0 Å². The van der Waals surface area contributed by atoms with Gasteiger partial charge in [0, 0.05) is 13.1 Å². The van der Waals surface area contributed by atoms with Gasteiger partial charge in [-0.2, -0.15) is 0 Å². The highest BCUT2D eigenvalue weighted by atomic mass is 16.3. The molecule has 0 aromatic heterocycles. The predicted molar refractivity (Wildman–Crippen MR) is 59.9 cm³/mol. The van der Waals surface area contributed by atoms with Crippen LogP contribution in [0.15, 0.2) is 0 Å². The van der Waals surface area contributed by atoms with E-state index in [1.54, 1.807) is 13.8 Å². The summed E-state index contributed by atoms with van der Waals surface area (Å²) >= 11 is 0. The van der Waals surface area contributed by atoms with E-state index in [4.69, 9.17) is 5.84 Å². The standard InChI is InChI=1S/C10H23N3O2/c1-9(2,8(14)12-11)6-13(5)7-10(3,4)15/h15H,6-7,11H2,1-5H3,(H,12,14). The molecule has 0 aliphatic heterocycles. The number of carbonyl (C=O) groups is 1. The topological polar surface area (TPSA) is 78.6 Å². The van der Waals surface area contributed by atoms with E-state index in [9.17, 15) is 9.90 Å². The van der Waals surface area contributed by atoms with E-state index in [0.717, 1.165) is 0 Å². The van der Waals surface area contributed by atoms with Crippen molar-refractivity contribution in [2.75, 3.05) is 20.1 Å². The highest BCUT2D eigenvalue weighted by molar-refractivity contribution is 5.81. The monoisotopic (exact) mass is 217 g/mol. The maximum atomic E-state index is 11.4. The molecule has 0 aliphatic carbocycles. The Morgan fingerprint density at radius 2 is 1.80 bits per heavy atom. The Hall–Kier alpha value is -0.650. The summed E-state index contributed by atoms with van der Waals surface area (Å²) < 4.78 is 0. The lowest BCUT2D eigenvalue weighted by atomic mass is 9.91. The first kappa shape index (κ1) is 14.3. The van der Waals surface area contributed by atoms with Crippen LogP contribution in [0.5, 0.6) is 0 Å². The summed E-state index contributed by atoms with van der Waals surface area (Å²) in [5.74, 6) is 4.89. The minimum absolute atomic E-state index is 0.204. The number of nitrogens with two attached hydrogens (primary N) is 1. The number of nitrogens with zero attached hydrogens (tertiary/aromatic N) is 1. The fraction of sp³-hybridized carbons (Fsp3) is 0.900. The fourth-order valence-electron chi connectivity index (χ4n) is 1.66. The Morgan fingerprint density at radius 3 is 2.13 bits per heavy atom. The van der Waals surface area contributed by atoms with Crippen molar-refractivity contribution in [1.29, 1.82) is 0 Å². The molecule has 0 fully saturated rings. The Kier molecular flexibility index (Phi) is 4.70. The lowest BCUT2D eigenvalue weighted by Gasteiger charge is -2.31. The predicted octanol–water partition coefficient (Wildman–Crippen LogP) is -0.295. The number of hydrogen-bond acceptors (Lipinski definition) is 4. The summed E-state index contributed by atoms with van der Waals surface area (Å²) in [6.45, 7) is 8.15. The number of rotatable bonds is 5. The van der Waals surface area contributed by atoms with Gasteiger partial charge < -0.3 is 10.0 Å². The van der Waals surface area contributed by atoms with Crippen LogP contribution in [0, 0.1) is 5.41 Å². The molecule has 1 amide bonds. The highest BCUT2D eigenvalue weighted by Gasteiger charge is 2.29. The van der Waals surface area contributed by atoms with E-state index >= 15 is 0 Å². The van der Waals surface area contributed by atoms with Crippen LogP contribution in [-0.4, -0.2) is 41.7 Å². The normalized spacial score (nSPS) is 13.1. The van der Waals surface area contributed by atoms with Gasteiger partial charge in [0.25, 0.3) is 0 Å². The second kappa shape index (κ2) is 4.92. The number of hydrogen-bond donors (Lipinski definition) is 3. The van der Waals surface area contributed by atoms with Crippen LogP contribution in [0.2, 0.25) is 0 Å². The molecule has 0 bridgehead atoms. The van der Waals surface area contributed by atoms with Crippen molar-refractivity contribution >= 4 is 5.91 Å². The first-order valence-electron chi connectivity index (χ1n) is 5.00. The number of likely N-dealkylation sites (N-methyl/N-ethyl adjacent to an activating group) is 1. The maximum absolute atomic E-state index is 11.4. The Morgan fingerprint density at radius 1 is 1.33 bits per heavy atom. The van der Waals surface area contributed by atoms with E-state index < -0.39 is 11.0 Å². The highest BCUT2D eigenvalue weighted by Crippen LogP contribution is 2.17. The van der Waals surface area contributed by atoms with Gasteiger partial charge in [-0.1, -0.05) is 0 Å². The quantitative estimate of drug-likeness (QED) is 0.336. The summed E-state index contributed by atoms with van der Waals surface area (Å²) in [6, 6.07) is 0. The third kappa shape index (κ3) is 5.71. The first-order chi connectivity index (χ1) is 6.58. The third-order valence-electron chi connectivity index (χ3n) is 2.07. The van der Waals surface area contributed by atoms with Crippen molar-refractivity contribution in [3.05, 3.63) is 0 Å². The molecule has 0 spiro atoms. The fourth-order valence-corrected chi connectivity index (χ4v) is 1.66. The zero-order chi connectivity index (χ0) is 12.3. The van der Waals surface area contributed by atoms with E-state index in [-0.39, 0.29) is 5.91 Å². The van der Waals surface area contributed by atoms with E-state index in [1.807, 2.05) is 25.8 Å². The average Bonchev–Trinajstić information content (AvgIpc) is 1.97. The number of hydrazine groups is 1. The van der Waals surface area contributed by atoms with E-state index in [1.165, 1.54) is 0 Å². The van der Waals surface area contributed by atoms with Crippen LogP contribution in [0.25, 0.3) is 0 Å². The molecule has 4 N–H and O–H groups in total. The maximum Gasteiger partial charge on any atom is 0.240 e. The van der Waals surface area contributed by atoms with Crippen LogP contribution in [0.1, 0.15) is 27.7 Å². The molecule has 15 heavy (non-hydrogen) atoms. The van der Waals surface area contributed by atoms with Crippen molar-refractivity contribution < 1.29 is 9.90 Å². The second-order valence-corrected chi connectivity index (χ2v) is 5.34. The Bertz CT molecular complexity index is 221. The van der Waals surface area contributed by atoms with Crippen molar-refractivity contribution in [1.82, 2.24) is 10.3 Å². The number of aliphatic hydroxyl groups is 1. The number of amides is 1. The van der Waals surface area contributed by atoms with E-state index in [2.05, 4.69) is 5.43 Å². The SMILES string of the molecule is CN(CC(C)(C)O)CC(C)(C)C(=O)NN. The zero-order valence-corrected chi connectivity index (χ0v) is 10.3. The molecule has 0 radical (unpaired) electrons. The van der Waals surface area contributed by atoms with Gasteiger partial charge >= 0.3 is 0 Å². The van der Waals surface area contributed by atoms with Crippen molar-refractivity contribution in [3.8, 4) is 0 Å². The molecule has 0 saturated heterocycles. The van der Waals surface area contributed by atoms with Gasteiger partial charge in [-0.3, -0.25) is 10.2 Å². The molecule has 0 rings (SSSR count). The van der Waals surface area contributed by atoms with E-state index in [0.29, 0.717) is 13.1 Å². The van der Waals surface area contributed by atoms with Gasteiger partial charge in [0.1, 0.15) is 0 Å². The summed E-state index contributed by atoms with van der Waals surface area (Å²) in [4.78, 5) is 13.3. The van der Waals surface area contributed by atoms with Crippen LogP contribution < -0.4 is 11.3 Å². The molecule has 0 aliphatic rings. The minimum Gasteiger partial charge on any atom is -0.389 e. The molecular weight excluding hydrogens is 194 g/mol. The average molecular weight is 217 g/mol. The second-order valence-electron chi connectivity index (χ2n) is 5.34. The van der Waals surface area contributed by atoms with Gasteiger partial charge in [0.2, 0.25) is 5.91 Å². The van der Waals surface area contributed by atoms with Crippen molar-refractivity contribution in [2.45, 2.75) is 33.3 Å². The van der Waals surface area contributed by atoms with Crippen LogP contribution in [0.3, 0.4) is 0 Å². The molecule has 5 heteroatoms. The van der Waals surface area contributed by atoms with Gasteiger partial charge in [-0.15, -0.1) is 0 Å². The van der Waals surface area contributed by atoms with Crippen LogP contribution in [-0.2, 0) is 4.79 Å². The van der Waals surface area contributed by atoms with Crippen molar-refractivity contribution in [3.63, 3.8) is 0 Å². The van der Waals surface area contributed by atoms with Crippen LogP contribution in [0.4, 0.5) is 0 Å². The minimum atomic E-state index is -0.760. The summed E-state index contributed by atoms with van der Waals surface area (Å²) in [7, 11) is 1.86. The summed E-state index contributed by atoms with van der Waals surface area (Å²) in [5.41, 5.74) is 0.825. The molecule has 0 atom stereocenters. The lowest BCUT2D eigenvalue weighted by Crippen LogP contribution is -2.48. The molecule has 0 heterocycles. The largest absolute Gasteiger partial charge is 0.389 e. The third-order valence-corrected chi connectivity index (χ3v) is 2.07. The van der Waals surface area contributed by atoms with Gasteiger partial charge in [-0.25, -0.2) is 5.84 Å². The molecule has 0 saturated carbocycles. The molecule has 5 nitrogen and oxygen atoms in total.